The van der Waals surface area contributed by atoms with Gasteiger partial charge in [-0.05, 0) is 23.8 Å². The van der Waals surface area contributed by atoms with Crippen molar-refractivity contribution in [1.29, 1.82) is 0 Å². The molecule has 1 aromatic heterocycles. The normalized spacial score (nSPS) is 11.5. The Morgan fingerprint density at radius 3 is 2.82 bits per heavy atom. The van der Waals surface area contributed by atoms with Gasteiger partial charge >= 0.3 is 0 Å². The molecule has 3 rings (SSSR count). The van der Waals surface area contributed by atoms with Gasteiger partial charge in [0.1, 0.15) is 0 Å². The SMILES string of the molecule is NC(=O)C/C(=N\Oc1ccc2[nH]ncc2c1)c1ccccc1. The van der Waals surface area contributed by atoms with Crippen LogP contribution < -0.4 is 10.6 Å². The Kier molecular flexibility index (Phi) is 3.82. The minimum absolute atomic E-state index is 0.0119. The number of amides is 1. The van der Waals surface area contributed by atoms with E-state index in [1.807, 2.05) is 42.5 Å². The number of rotatable bonds is 5. The first-order valence-corrected chi connectivity index (χ1v) is 6.73. The van der Waals surface area contributed by atoms with Crippen LogP contribution in [-0.4, -0.2) is 21.8 Å². The lowest BCUT2D eigenvalue weighted by Gasteiger charge is -2.05. The average Bonchev–Trinajstić information content (AvgIpc) is 2.99. The zero-order valence-corrected chi connectivity index (χ0v) is 11.7. The van der Waals surface area contributed by atoms with Crippen molar-refractivity contribution >= 4 is 22.5 Å². The van der Waals surface area contributed by atoms with Crippen LogP contribution >= 0.6 is 0 Å². The maximum absolute atomic E-state index is 11.2. The van der Waals surface area contributed by atoms with Gasteiger partial charge in [0.25, 0.3) is 0 Å². The predicted octanol–water partition coefficient (Wildman–Crippen LogP) is 2.22. The van der Waals surface area contributed by atoms with E-state index in [0.717, 1.165) is 16.5 Å². The number of carbonyl (C=O) groups is 1. The molecular weight excluding hydrogens is 280 g/mol. The number of fused-ring (bicyclic) bond motifs is 1. The van der Waals surface area contributed by atoms with E-state index in [-0.39, 0.29) is 6.42 Å². The molecule has 0 spiro atoms. The van der Waals surface area contributed by atoms with E-state index in [0.29, 0.717) is 11.5 Å². The highest BCUT2D eigenvalue weighted by molar-refractivity contribution is 6.09. The van der Waals surface area contributed by atoms with Gasteiger partial charge in [-0.15, -0.1) is 0 Å². The number of hydrogen-bond donors (Lipinski definition) is 2. The molecule has 0 unspecified atom stereocenters. The van der Waals surface area contributed by atoms with Crippen molar-refractivity contribution in [3.8, 4) is 5.75 Å². The minimum Gasteiger partial charge on any atom is -0.369 e. The first-order valence-electron chi connectivity index (χ1n) is 6.73. The Hall–Kier alpha value is -3.15. The molecule has 3 aromatic rings. The number of H-pyrrole nitrogens is 1. The number of oxime groups is 1. The highest BCUT2D eigenvalue weighted by atomic mass is 16.6. The van der Waals surface area contributed by atoms with Crippen LogP contribution in [0.15, 0.2) is 59.9 Å². The number of aromatic amines is 1. The Labute approximate surface area is 126 Å². The smallest absolute Gasteiger partial charge is 0.223 e. The molecule has 0 saturated heterocycles. The first kappa shape index (κ1) is 13.8. The van der Waals surface area contributed by atoms with Crippen LogP contribution in [0.2, 0.25) is 0 Å². The first-order chi connectivity index (χ1) is 10.7. The molecule has 110 valence electrons. The molecule has 0 atom stereocenters. The summed E-state index contributed by atoms with van der Waals surface area (Å²) < 4.78 is 0. The number of nitrogens with zero attached hydrogens (tertiary/aromatic N) is 2. The number of carbonyl (C=O) groups excluding carboxylic acids is 1. The largest absolute Gasteiger partial charge is 0.369 e. The van der Waals surface area contributed by atoms with Gasteiger partial charge < -0.3 is 10.6 Å². The summed E-state index contributed by atoms with van der Waals surface area (Å²) in [6, 6.07) is 14.8. The Morgan fingerprint density at radius 2 is 2.05 bits per heavy atom. The molecule has 1 heterocycles. The van der Waals surface area contributed by atoms with E-state index in [2.05, 4.69) is 15.4 Å². The highest BCUT2D eigenvalue weighted by Gasteiger charge is 2.08. The summed E-state index contributed by atoms with van der Waals surface area (Å²) >= 11 is 0. The monoisotopic (exact) mass is 294 g/mol. The standard InChI is InChI=1S/C16H14N4O2/c17-16(21)9-15(11-4-2-1-3-5-11)20-22-13-6-7-14-12(8-13)10-18-19-14/h1-8,10H,9H2,(H2,17,21)(H,18,19)/b20-15+. The van der Waals surface area contributed by atoms with Crippen LogP contribution in [0.4, 0.5) is 0 Å². The lowest BCUT2D eigenvalue weighted by molar-refractivity contribution is -0.116. The van der Waals surface area contributed by atoms with Crippen molar-refractivity contribution in [2.75, 3.05) is 0 Å². The quantitative estimate of drug-likeness (QED) is 0.558. The third-order valence-corrected chi connectivity index (χ3v) is 3.12. The highest BCUT2D eigenvalue weighted by Crippen LogP contribution is 2.19. The predicted molar refractivity (Wildman–Crippen MR) is 83.5 cm³/mol. The lowest BCUT2D eigenvalue weighted by atomic mass is 10.1. The molecule has 0 bridgehead atoms. The number of benzene rings is 2. The molecule has 0 saturated carbocycles. The molecule has 6 nitrogen and oxygen atoms in total. The van der Waals surface area contributed by atoms with Crippen LogP contribution in [0.5, 0.6) is 5.75 Å². The van der Waals surface area contributed by atoms with Crippen molar-refractivity contribution < 1.29 is 9.63 Å². The molecule has 0 aliphatic heterocycles. The van der Waals surface area contributed by atoms with Crippen molar-refractivity contribution in [1.82, 2.24) is 10.2 Å². The van der Waals surface area contributed by atoms with E-state index in [1.165, 1.54) is 0 Å². The number of aromatic nitrogens is 2. The van der Waals surface area contributed by atoms with Crippen LogP contribution in [0.1, 0.15) is 12.0 Å². The van der Waals surface area contributed by atoms with Crippen LogP contribution in [-0.2, 0) is 4.79 Å². The Morgan fingerprint density at radius 1 is 1.23 bits per heavy atom. The Bertz CT molecular complexity index is 824. The summed E-state index contributed by atoms with van der Waals surface area (Å²) in [6.07, 6.45) is 1.71. The molecule has 2 aromatic carbocycles. The van der Waals surface area contributed by atoms with Gasteiger partial charge in [-0.2, -0.15) is 5.10 Å². The number of nitrogens with one attached hydrogen (secondary N) is 1. The molecular formula is C16H14N4O2. The third kappa shape index (κ3) is 3.12. The third-order valence-electron chi connectivity index (χ3n) is 3.12. The van der Waals surface area contributed by atoms with E-state index in [1.54, 1.807) is 12.3 Å². The van der Waals surface area contributed by atoms with Gasteiger partial charge in [0.2, 0.25) is 5.91 Å². The van der Waals surface area contributed by atoms with Crippen molar-refractivity contribution in [2.45, 2.75) is 6.42 Å². The lowest BCUT2D eigenvalue weighted by Crippen LogP contribution is -2.17. The van der Waals surface area contributed by atoms with Gasteiger partial charge in [-0.3, -0.25) is 9.89 Å². The maximum atomic E-state index is 11.2. The van der Waals surface area contributed by atoms with Crippen molar-refractivity contribution in [3.05, 3.63) is 60.3 Å². The summed E-state index contributed by atoms with van der Waals surface area (Å²) in [5, 5.41) is 11.8. The molecule has 3 N–H and O–H groups in total. The van der Waals surface area contributed by atoms with Crippen molar-refractivity contribution in [3.63, 3.8) is 0 Å². The number of hydrogen-bond acceptors (Lipinski definition) is 4. The number of primary amides is 1. The Balaban J connectivity index is 1.86. The van der Waals surface area contributed by atoms with E-state index < -0.39 is 5.91 Å². The van der Waals surface area contributed by atoms with E-state index in [4.69, 9.17) is 10.6 Å². The second kappa shape index (κ2) is 6.09. The van der Waals surface area contributed by atoms with Gasteiger partial charge in [-0.1, -0.05) is 35.5 Å². The second-order valence-electron chi connectivity index (χ2n) is 4.76. The van der Waals surface area contributed by atoms with E-state index >= 15 is 0 Å². The fourth-order valence-corrected chi connectivity index (χ4v) is 2.07. The molecule has 0 aliphatic carbocycles. The van der Waals surface area contributed by atoms with Crippen LogP contribution in [0, 0.1) is 0 Å². The molecule has 0 radical (unpaired) electrons. The number of nitrogens with two attached hydrogens (primary N) is 1. The minimum atomic E-state index is -0.462. The fraction of sp³-hybridized carbons (Fsp3) is 0.0625. The summed E-state index contributed by atoms with van der Waals surface area (Å²) in [7, 11) is 0. The molecule has 0 fully saturated rings. The van der Waals surface area contributed by atoms with Crippen molar-refractivity contribution in [2.24, 2.45) is 10.9 Å². The molecule has 1 amide bonds. The van der Waals surface area contributed by atoms with Crippen LogP contribution in [0.25, 0.3) is 10.9 Å². The summed E-state index contributed by atoms with van der Waals surface area (Å²) in [5.74, 6) is 0.100. The average molecular weight is 294 g/mol. The molecule has 6 heteroatoms. The zero-order chi connectivity index (χ0) is 15.4. The zero-order valence-electron chi connectivity index (χ0n) is 11.7. The van der Waals surface area contributed by atoms with E-state index in [9.17, 15) is 4.79 Å². The summed E-state index contributed by atoms with van der Waals surface area (Å²) in [6.45, 7) is 0. The second-order valence-corrected chi connectivity index (χ2v) is 4.76. The van der Waals surface area contributed by atoms with Crippen LogP contribution in [0.3, 0.4) is 0 Å². The van der Waals surface area contributed by atoms with Gasteiger partial charge in [-0.25, -0.2) is 0 Å². The topological polar surface area (TPSA) is 93.4 Å². The maximum Gasteiger partial charge on any atom is 0.223 e. The molecule has 0 aliphatic rings. The molecule has 22 heavy (non-hydrogen) atoms. The summed E-state index contributed by atoms with van der Waals surface area (Å²) in [4.78, 5) is 16.6. The van der Waals surface area contributed by atoms with Gasteiger partial charge in [0.05, 0.1) is 23.8 Å². The fourth-order valence-electron chi connectivity index (χ4n) is 2.07. The van der Waals surface area contributed by atoms with Gasteiger partial charge in [0, 0.05) is 5.39 Å². The summed E-state index contributed by atoms with van der Waals surface area (Å²) in [5.41, 5.74) is 7.47. The van der Waals surface area contributed by atoms with Gasteiger partial charge in [0.15, 0.2) is 5.75 Å².